The Morgan fingerprint density at radius 3 is 2.64 bits per heavy atom. The molecular formula is C24H23N2S2+. The molecule has 1 aromatic heterocycles. The Kier molecular flexibility index (Phi) is 5.51. The molecule has 4 heteroatoms. The van der Waals surface area contributed by atoms with Crippen molar-refractivity contribution in [2.24, 2.45) is 7.05 Å². The van der Waals surface area contributed by atoms with Crippen LogP contribution in [0.5, 0.6) is 0 Å². The van der Waals surface area contributed by atoms with Gasteiger partial charge in [-0.1, -0.05) is 77.2 Å². The van der Waals surface area contributed by atoms with Crippen molar-refractivity contribution in [3.63, 3.8) is 0 Å². The maximum absolute atomic E-state index is 2.24. The van der Waals surface area contributed by atoms with E-state index < -0.39 is 0 Å². The minimum absolute atomic E-state index is 1.22. The van der Waals surface area contributed by atoms with Crippen LogP contribution in [0.4, 0.5) is 5.69 Å². The van der Waals surface area contributed by atoms with Crippen LogP contribution in [-0.4, -0.2) is 7.05 Å². The summed E-state index contributed by atoms with van der Waals surface area (Å²) < 4.78 is 3.56. The molecule has 1 aliphatic heterocycles. The molecule has 3 aromatic rings. The van der Waals surface area contributed by atoms with E-state index in [2.05, 4.69) is 115 Å². The molecule has 0 fully saturated rings. The monoisotopic (exact) mass is 403 g/mol. The fourth-order valence-electron chi connectivity index (χ4n) is 3.15. The fraction of sp³-hybridized carbons (Fsp3) is 0.125. The highest BCUT2D eigenvalue weighted by atomic mass is 32.2. The van der Waals surface area contributed by atoms with E-state index in [1.54, 1.807) is 0 Å². The molecule has 0 radical (unpaired) electrons. The molecule has 28 heavy (non-hydrogen) atoms. The second kappa shape index (κ2) is 8.21. The Labute approximate surface area is 174 Å². The summed E-state index contributed by atoms with van der Waals surface area (Å²) >= 11 is 3.63. The average Bonchev–Trinajstić information content (AvgIpc) is 3.20. The lowest BCUT2D eigenvalue weighted by Crippen LogP contribution is -2.28. The minimum atomic E-state index is 1.22. The molecule has 1 aliphatic rings. The van der Waals surface area contributed by atoms with Crippen molar-refractivity contribution in [2.75, 3.05) is 11.9 Å². The number of aromatic nitrogens is 1. The van der Waals surface area contributed by atoms with Crippen molar-refractivity contribution < 1.29 is 4.57 Å². The number of anilines is 1. The van der Waals surface area contributed by atoms with E-state index in [4.69, 9.17) is 0 Å². The van der Waals surface area contributed by atoms with Crippen molar-refractivity contribution in [1.29, 1.82) is 0 Å². The zero-order chi connectivity index (χ0) is 19.5. The normalized spacial score (nSPS) is 16.2. The lowest BCUT2D eigenvalue weighted by Gasteiger charge is -2.12. The fourth-order valence-corrected chi connectivity index (χ4v) is 5.28. The van der Waals surface area contributed by atoms with Gasteiger partial charge in [-0.2, -0.15) is 4.57 Å². The minimum Gasteiger partial charge on any atom is -0.338 e. The summed E-state index contributed by atoms with van der Waals surface area (Å²) in [7, 11) is 4.24. The van der Waals surface area contributed by atoms with Crippen LogP contribution >= 0.6 is 23.1 Å². The molecule has 0 bridgehead atoms. The van der Waals surface area contributed by atoms with Crippen LogP contribution in [0.25, 0.3) is 16.3 Å². The summed E-state index contributed by atoms with van der Waals surface area (Å²) in [5.41, 5.74) is 3.78. The number of benzene rings is 2. The molecule has 140 valence electrons. The smallest absolute Gasteiger partial charge is 0.262 e. The number of thioether (sulfide) groups is 1. The number of para-hydroxylation sites is 2. The lowest BCUT2D eigenvalue weighted by atomic mass is 10.2. The summed E-state index contributed by atoms with van der Waals surface area (Å²) in [6, 6.07) is 17.0. The van der Waals surface area contributed by atoms with Gasteiger partial charge >= 0.3 is 0 Å². The molecule has 0 unspecified atom stereocenters. The molecule has 4 rings (SSSR count). The SMILES string of the molecule is CC(C=CC=C1Sc2ccccc2N1C)=CC=Cc1sc2ccccc2[n+]1C. The molecule has 2 nitrogen and oxygen atoms in total. The predicted molar refractivity (Wildman–Crippen MR) is 124 cm³/mol. The molecule has 2 heterocycles. The van der Waals surface area contributed by atoms with Crippen LogP contribution in [0.3, 0.4) is 0 Å². The van der Waals surface area contributed by atoms with E-state index >= 15 is 0 Å². The van der Waals surface area contributed by atoms with Gasteiger partial charge in [-0.3, -0.25) is 0 Å². The number of hydrogen-bond donors (Lipinski definition) is 0. The highest BCUT2D eigenvalue weighted by Crippen LogP contribution is 2.44. The second-order valence-corrected chi connectivity index (χ2v) is 8.85. The van der Waals surface area contributed by atoms with Gasteiger partial charge in [0.15, 0.2) is 0 Å². The number of allylic oxidation sites excluding steroid dienone is 6. The Balaban J connectivity index is 1.43. The quantitative estimate of drug-likeness (QED) is 0.371. The zero-order valence-electron chi connectivity index (χ0n) is 16.3. The van der Waals surface area contributed by atoms with Gasteiger partial charge in [-0.15, -0.1) is 0 Å². The first-order valence-electron chi connectivity index (χ1n) is 9.25. The summed E-state index contributed by atoms with van der Waals surface area (Å²) in [6.07, 6.45) is 12.9. The van der Waals surface area contributed by atoms with Crippen LogP contribution in [0.1, 0.15) is 11.9 Å². The number of thiazole rings is 1. The maximum atomic E-state index is 2.24. The second-order valence-electron chi connectivity index (χ2n) is 6.73. The van der Waals surface area contributed by atoms with Gasteiger partial charge in [0.2, 0.25) is 5.52 Å². The largest absolute Gasteiger partial charge is 0.338 e. The first-order chi connectivity index (χ1) is 13.6. The van der Waals surface area contributed by atoms with E-state index in [9.17, 15) is 0 Å². The van der Waals surface area contributed by atoms with Crippen molar-refractivity contribution in [1.82, 2.24) is 0 Å². The molecule has 0 atom stereocenters. The summed E-state index contributed by atoms with van der Waals surface area (Å²) in [6.45, 7) is 2.13. The van der Waals surface area contributed by atoms with Crippen molar-refractivity contribution in [3.8, 4) is 0 Å². The van der Waals surface area contributed by atoms with E-state index in [0.717, 1.165) is 0 Å². The number of nitrogens with zero attached hydrogens (tertiary/aromatic N) is 2. The first-order valence-corrected chi connectivity index (χ1v) is 10.9. The molecule has 0 aliphatic carbocycles. The Morgan fingerprint density at radius 2 is 1.82 bits per heavy atom. The Morgan fingerprint density at radius 1 is 1.04 bits per heavy atom. The lowest BCUT2D eigenvalue weighted by molar-refractivity contribution is -0.642. The third-order valence-electron chi connectivity index (χ3n) is 4.74. The molecule has 0 amide bonds. The Bertz CT molecular complexity index is 1130. The summed E-state index contributed by atoms with van der Waals surface area (Å²) in [4.78, 5) is 3.56. The molecular weight excluding hydrogens is 380 g/mol. The number of hydrogen-bond acceptors (Lipinski definition) is 3. The van der Waals surface area contributed by atoms with Crippen molar-refractivity contribution in [2.45, 2.75) is 11.8 Å². The van der Waals surface area contributed by atoms with Gasteiger partial charge in [0.25, 0.3) is 5.01 Å². The van der Waals surface area contributed by atoms with Gasteiger partial charge in [0.05, 0.1) is 10.7 Å². The van der Waals surface area contributed by atoms with Crippen LogP contribution in [-0.2, 0) is 7.05 Å². The third kappa shape index (κ3) is 3.84. The van der Waals surface area contributed by atoms with Crippen molar-refractivity contribution >= 4 is 45.1 Å². The van der Waals surface area contributed by atoms with E-state index in [-0.39, 0.29) is 0 Å². The molecule has 0 N–H and O–H groups in total. The van der Waals surface area contributed by atoms with Gasteiger partial charge in [-0.25, -0.2) is 0 Å². The standard InChI is InChI=1S/C24H23N2S2/c1-18(10-8-16-23-25(2)19-12-4-6-14-21(19)27-23)11-9-17-24-26(3)20-13-5-7-15-22(20)28-24/h4-17H,1-3H3/q+1. The van der Waals surface area contributed by atoms with Crippen molar-refractivity contribution in [3.05, 3.63) is 94.5 Å². The van der Waals surface area contributed by atoms with Gasteiger partial charge in [0, 0.05) is 24.1 Å². The van der Waals surface area contributed by atoms with Gasteiger partial charge in [0.1, 0.15) is 11.7 Å². The van der Waals surface area contributed by atoms with Gasteiger partial charge in [-0.05, 0) is 31.2 Å². The number of fused-ring (bicyclic) bond motifs is 2. The van der Waals surface area contributed by atoms with E-state index in [0.29, 0.717) is 0 Å². The summed E-state index contributed by atoms with van der Waals surface area (Å²) in [5, 5.41) is 2.50. The van der Waals surface area contributed by atoms with Gasteiger partial charge < -0.3 is 4.90 Å². The van der Waals surface area contributed by atoms with E-state index in [1.807, 2.05) is 23.1 Å². The van der Waals surface area contributed by atoms with Crippen LogP contribution < -0.4 is 9.47 Å². The average molecular weight is 404 g/mol. The van der Waals surface area contributed by atoms with Crippen LogP contribution in [0.15, 0.2) is 94.4 Å². The predicted octanol–water partition coefficient (Wildman–Crippen LogP) is 6.33. The number of aryl methyl sites for hydroxylation is 1. The van der Waals surface area contributed by atoms with Crippen LogP contribution in [0, 0.1) is 0 Å². The number of rotatable bonds is 4. The van der Waals surface area contributed by atoms with Crippen LogP contribution in [0.2, 0.25) is 0 Å². The third-order valence-corrected chi connectivity index (χ3v) is 7.11. The molecule has 0 saturated heterocycles. The highest BCUT2D eigenvalue weighted by Gasteiger charge is 2.20. The molecule has 0 spiro atoms. The molecule has 2 aromatic carbocycles. The maximum Gasteiger partial charge on any atom is 0.262 e. The Hall–Kier alpha value is -2.56. The topological polar surface area (TPSA) is 7.12 Å². The molecule has 0 saturated carbocycles. The summed E-state index contributed by atoms with van der Waals surface area (Å²) in [5.74, 6) is 0. The highest BCUT2D eigenvalue weighted by molar-refractivity contribution is 8.03. The zero-order valence-corrected chi connectivity index (χ0v) is 17.9. The first kappa shape index (κ1) is 18.8. The van der Waals surface area contributed by atoms with E-state index in [1.165, 1.54) is 36.4 Å².